The molecule has 4 nitrogen and oxygen atoms in total. The zero-order valence-electron chi connectivity index (χ0n) is 11.4. The van der Waals surface area contributed by atoms with Gasteiger partial charge in [0, 0.05) is 17.3 Å². The molecule has 0 saturated carbocycles. The lowest BCUT2D eigenvalue weighted by atomic mass is 9.98. The summed E-state index contributed by atoms with van der Waals surface area (Å²) in [6, 6.07) is 9.45. The minimum absolute atomic E-state index is 0.0766. The van der Waals surface area contributed by atoms with Crippen LogP contribution in [-0.4, -0.2) is 18.1 Å². The molecule has 0 aliphatic carbocycles. The number of methoxy groups -OCH3 is 1. The molecule has 1 unspecified atom stereocenters. The van der Waals surface area contributed by atoms with E-state index in [2.05, 4.69) is 5.32 Å². The van der Waals surface area contributed by atoms with Crippen LogP contribution in [0.4, 0.5) is 10.1 Å². The Hall–Kier alpha value is -2.40. The van der Waals surface area contributed by atoms with E-state index in [0.29, 0.717) is 11.3 Å². The van der Waals surface area contributed by atoms with Crippen molar-refractivity contribution in [2.24, 2.45) is 0 Å². The van der Waals surface area contributed by atoms with E-state index in [-0.39, 0.29) is 17.9 Å². The molecule has 1 atom stereocenters. The van der Waals surface area contributed by atoms with Crippen molar-refractivity contribution in [3.8, 4) is 5.75 Å². The van der Waals surface area contributed by atoms with Gasteiger partial charge in [0.15, 0.2) is 0 Å². The van der Waals surface area contributed by atoms with E-state index in [4.69, 9.17) is 4.74 Å². The van der Waals surface area contributed by atoms with Crippen molar-refractivity contribution in [2.75, 3.05) is 12.4 Å². The number of aliphatic hydroxyl groups excluding tert-OH is 1. The van der Waals surface area contributed by atoms with Crippen LogP contribution in [0.1, 0.15) is 22.8 Å². The van der Waals surface area contributed by atoms with Crippen molar-refractivity contribution in [2.45, 2.75) is 12.5 Å². The number of amides is 1. The third-order valence-corrected chi connectivity index (χ3v) is 3.57. The number of ether oxygens (including phenoxy) is 1. The molecule has 0 radical (unpaired) electrons. The Balaban J connectivity index is 1.94. The normalized spacial score (nSPS) is 14.5. The summed E-state index contributed by atoms with van der Waals surface area (Å²) < 4.78 is 18.9. The van der Waals surface area contributed by atoms with E-state index in [9.17, 15) is 14.3 Å². The molecule has 2 aromatic carbocycles. The lowest BCUT2D eigenvalue weighted by Crippen LogP contribution is -2.03. The molecule has 108 valence electrons. The fraction of sp³-hybridized carbons (Fsp3) is 0.188. The molecule has 0 aromatic heterocycles. The van der Waals surface area contributed by atoms with Gasteiger partial charge >= 0.3 is 0 Å². The summed E-state index contributed by atoms with van der Waals surface area (Å²) in [5.41, 5.74) is 2.28. The number of rotatable bonds is 3. The minimum atomic E-state index is -1.09. The van der Waals surface area contributed by atoms with Crippen molar-refractivity contribution in [1.82, 2.24) is 0 Å². The molecular formula is C16H14FNO3. The number of nitrogens with one attached hydrogen (secondary N) is 1. The monoisotopic (exact) mass is 287 g/mol. The highest BCUT2D eigenvalue weighted by atomic mass is 19.1. The van der Waals surface area contributed by atoms with E-state index in [1.54, 1.807) is 24.3 Å². The number of fused-ring (bicyclic) bond motifs is 1. The summed E-state index contributed by atoms with van der Waals surface area (Å²) in [4.78, 5) is 11.3. The summed E-state index contributed by atoms with van der Waals surface area (Å²) in [7, 11) is 1.45. The van der Waals surface area contributed by atoms with Crippen molar-refractivity contribution in [3.63, 3.8) is 0 Å². The van der Waals surface area contributed by atoms with Crippen molar-refractivity contribution in [1.29, 1.82) is 0 Å². The maximum Gasteiger partial charge on any atom is 0.228 e. The van der Waals surface area contributed by atoms with Gasteiger partial charge < -0.3 is 15.2 Å². The molecule has 1 aliphatic rings. The summed E-state index contributed by atoms with van der Waals surface area (Å²) in [5, 5.41) is 13.1. The van der Waals surface area contributed by atoms with Gasteiger partial charge in [-0.15, -0.1) is 0 Å². The number of carbonyl (C=O) groups is 1. The molecule has 0 fully saturated rings. The largest absolute Gasteiger partial charge is 0.497 e. The van der Waals surface area contributed by atoms with Gasteiger partial charge in [0.05, 0.1) is 13.5 Å². The number of anilines is 1. The van der Waals surface area contributed by atoms with Crippen LogP contribution in [-0.2, 0) is 11.2 Å². The summed E-state index contributed by atoms with van der Waals surface area (Å²) in [6.45, 7) is 0. The third kappa shape index (κ3) is 2.48. The van der Waals surface area contributed by atoms with Gasteiger partial charge in [0.25, 0.3) is 0 Å². The number of benzene rings is 2. The number of hydrogen-bond donors (Lipinski definition) is 2. The Morgan fingerprint density at radius 1 is 1.29 bits per heavy atom. The van der Waals surface area contributed by atoms with Crippen LogP contribution in [0, 0.1) is 5.82 Å². The van der Waals surface area contributed by atoms with E-state index in [0.717, 1.165) is 11.3 Å². The van der Waals surface area contributed by atoms with E-state index in [1.165, 1.54) is 19.2 Å². The number of carbonyl (C=O) groups excluding carboxylic acids is 1. The van der Waals surface area contributed by atoms with Crippen LogP contribution in [0.5, 0.6) is 5.75 Å². The first-order valence-electron chi connectivity index (χ1n) is 6.52. The lowest BCUT2D eigenvalue weighted by Gasteiger charge is -2.14. The highest BCUT2D eigenvalue weighted by molar-refractivity contribution is 5.99. The highest BCUT2D eigenvalue weighted by Gasteiger charge is 2.21. The Kier molecular flexibility index (Phi) is 3.35. The lowest BCUT2D eigenvalue weighted by molar-refractivity contribution is -0.115. The van der Waals surface area contributed by atoms with Gasteiger partial charge in [0.2, 0.25) is 5.91 Å². The molecule has 2 aromatic rings. The second kappa shape index (κ2) is 5.18. The molecule has 0 spiro atoms. The first-order valence-corrected chi connectivity index (χ1v) is 6.52. The van der Waals surface area contributed by atoms with Crippen LogP contribution in [0.3, 0.4) is 0 Å². The zero-order valence-corrected chi connectivity index (χ0v) is 11.4. The predicted octanol–water partition coefficient (Wildman–Crippen LogP) is 2.41. The van der Waals surface area contributed by atoms with E-state index < -0.39 is 11.9 Å². The molecule has 0 saturated heterocycles. The van der Waals surface area contributed by atoms with Gasteiger partial charge in [-0.25, -0.2) is 4.39 Å². The molecule has 0 bridgehead atoms. The molecule has 21 heavy (non-hydrogen) atoms. The van der Waals surface area contributed by atoms with Crippen LogP contribution in [0.25, 0.3) is 0 Å². The molecule has 1 amide bonds. The fourth-order valence-corrected chi connectivity index (χ4v) is 2.46. The van der Waals surface area contributed by atoms with Crippen LogP contribution < -0.4 is 10.1 Å². The standard InChI is InChI=1S/C16H14FNO3/c1-21-11-3-4-12(13(17)8-11)16(20)9-2-5-14-10(6-9)7-15(19)18-14/h2-6,8,16,20H,7H2,1H3,(H,18,19). The number of halogens is 1. The molecule has 2 N–H and O–H groups in total. The van der Waals surface area contributed by atoms with Gasteiger partial charge in [-0.1, -0.05) is 12.1 Å². The van der Waals surface area contributed by atoms with E-state index >= 15 is 0 Å². The second-order valence-corrected chi connectivity index (χ2v) is 4.93. The van der Waals surface area contributed by atoms with Crippen molar-refractivity contribution in [3.05, 3.63) is 58.9 Å². The van der Waals surface area contributed by atoms with Gasteiger partial charge in [-0.3, -0.25) is 4.79 Å². The first-order chi connectivity index (χ1) is 10.1. The topological polar surface area (TPSA) is 58.6 Å². The van der Waals surface area contributed by atoms with Gasteiger partial charge in [-0.2, -0.15) is 0 Å². The smallest absolute Gasteiger partial charge is 0.228 e. The summed E-state index contributed by atoms with van der Waals surface area (Å²) in [5.74, 6) is -0.212. The Morgan fingerprint density at radius 3 is 2.81 bits per heavy atom. The highest BCUT2D eigenvalue weighted by Crippen LogP contribution is 2.31. The average Bonchev–Trinajstić information content (AvgIpc) is 2.85. The first kappa shape index (κ1) is 13.6. The molecule has 1 heterocycles. The van der Waals surface area contributed by atoms with Crippen molar-refractivity contribution >= 4 is 11.6 Å². The summed E-state index contributed by atoms with van der Waals surface area (Å²) >= 11 is 0. The third-order valence-electron chi connectivity index (χ3n) is 3.57. The van der Waals surface area contributed by atoms with E-state index in [1.807, 2.05) is 0 Å². The van der Waals surface area contributed by atoms with Crippen molar-refractivity contribution < 1.29 is 19.0 Å². The SMILES string of the molecule is COc1ccc(C(O)c2ccc3c(c2)CC(=O)N3)c(F)c1. The summed E-state index contributed by atoms with van der Waals surface area (Å²) in [6.07, 6.45) is -0.807. The molecule has 3 rings (SSSR count). The Bertz CT molecular complexity index is 715. The molecule has 5 heteroatoms. The second-order valence-electron chi connectivity index (χ2n) is 4.93. The average molecular weight is 287 g/mol. The molecular weight excluding hydrogens is 273 g/mol. The van der Waals surface area contributed by atoms with Gasteiger partial charge in [-0.05, 0) is 29.3 Å². The van der Waals surface area contributed by atoms with Gasteiger partial charge in [0.1, 0.15) is 17.7 Å². The Morgan fingerprint density at radius 2 is 2.10 bits per heavy atom. The number of aliphatic hydroxyl groups is 1. The minimum Gasteiger partial charge on any atom is -0.497 e. The Labute approximate surface area is 121 Å². The fourth-order valence-electron chi connectivity index (χ4n) is 2.46. The van der Waals surface area contributed by atoms with Crippen LogP contribution in [0.2, 0.25) is 0 Å². The predicted molar refractivity (Wildman–Crippen MR) is 75.8 cm³/mol. The zero-order chi connectivity index (χ0) is 15.0. The van der Waals surface area contributed by atoms with Crippen LogP contribution in [0.15, 0.2) is 36.4 Å². The molecule has 1 aliphatic heterocycles. The number of hydrogen-bond acceptors (Lipinski definition) is 3. The maximum atomic E-state index is 14.0. The quantitative estimate of drug-likeness (QED) is 0.911. The van der Waals surface area contributed by atoms with Crippen LogP contribution >= 0.6 is 0 Å². The maximum absolute atomic E-state index is 14.0.